The summed E-state index contributed by atoms with van der Waals surface area (Å²) in [4.78, 5) is 9.17. The van der Waals surface area contributed by atoms with Crippen LogP contribution in [0.15, 0.2) is 29.3 Å². The number of benzene rings is 1. The van der Waals surface area contributed by atoms with Gasteiger partial charge in [-0.3, -0.25) is 4.99 Å². The van der Waals surface area contributed by atoms with Crippen LogP contribution >= 0.6 is 11.8 Å². The summed E-state index contributed by atoms with van der Waals surface area (Å²) in [6.45, 7) is 4.96. The molecule has 23 heavy (non-hydrogen) atoms. The molecule has 0 spiro atoms. The Hall–Kier alpha value is -1.56. The second kappa shape index (κ2) is 9.55. The molecule has 128 valence electrons. The predicted octanol–water partition coefficient (Wildman–Crippen LogP) is 2.15. The maximum Gasteiger partial charge on any atom is 0.193 e. The molecular weight excluding hydrogens is 308 g/mol. The normalized spacial score (nSPS) is 15.7. The maximum absolute atomic E-state index is 5.32. The number of anilines is 1. The fourth-order valence-electron chi connectivity index (χ4n) is 2.73. The summed E-state index contributed by atoms with van der Waals surface area (Å²) in [5, 5.41) is 3.47. The molecular formula is C17H28N4OS. The van der Waals surface area contributed by atoms with Gasteiger partial charge in [0.25, 0.3) is 0 Å². The average Bonchev–Trinajstić information content (AvgIpc) is 2.62. The van der Waals surface area contributed by atoms with Gasteiger partial charge in [0, 0.05) is 51.5 Å². The minimum absolute atomic E-state index is 0.913. The van der Waals surface area contributed by atoms with E-state index in [2.05, 4.69) is 38.5 Å². The summed E-state index contributed by atoms with van der Waals surface area (Å²) < 4.78 is 5.32. The molecule has 1 aliphatic rings. The number of guanidine groups is 1. The molecule has 1 aromatic carbocycles. The van der Waals surface area contributed by atoms with Crippen molar-refractivity contribution in [2.75, 3.05) is 63.8 Å². The minimum atomic E-state index is 0.913. The van der Waals surface area contributed by atoms with Crippen LogP contribution in [0, 0.1) is 0 Å². The number of nitrogens with one attached hydrogen (secondary N) is 1. The lowest BCUT2D eigenvalue weighted by Crippen LogP contribution is -2.52. The number of hydrogen-bond donors (Lipinski definition) is 1. The van der Waals surface area contributed by atoms with Crippen molar-refractivity contribution in [3.8, 4) is 5.75 Å². The number of thioether (sulfide) groups is 1. The highest BCUT2D eigenvalue weighted by molar-refractivity contribution is 7.98. The summed E-state index contributed by atoms with van der Waals surface area (Å²) >= 11 is 1.89. The predicted molar refractivity (Wildman–Crippen MR) is 101 cm³/mol. The summed E-state index contributed by atoms with van der Waals surface area (Å²) in [5.74, 6) is 3.13. The van der Waals surface area contributed by atoms with Gasteiger partial charge < -0.3 is 19.9 Å². The Bertz CT molecular complexity index is 501. The third-order valence-electron chi connectivity index (χ3n) is 4.02. The van der Waals surface area contributed by atoms with Crippen LogP contribution in [0.4, 0.5) is 5.69 Å². The summed E-state index contributed by atoms with van der Waals surface area (Å²) in [6.07, 6.45) is 3.32. The van der Waals surface area contributed by atoms with E-state index in [9.17, 15) is 0 Å². The standard InChI is InChI=1S/C17H28N4OS/c1-18-17(19-8-5-13-23-3)21-11-9-20(10-12-21)15-6-4-7-16(14-15)22-2/h4,6-7,14H,5,8-13H2,1-3H3,(H,18,19). The van der Waals surface area contributed by atoms with E-state index in [1.807, 2.05) is 30.9 Å². The first-order chi connectivity index (χ1) is 11.3. The Morgan fingerprint density at radius 2 is 2.09 bits per heavy atom. The van der Waals surface area contributed by atoms with Crippen LogP contribution in [-0.4, -0.2) is 69.7 Å². The van der Waals surface area contributed by atoms with Crippen molar-refractivity contribution in [3.63, 3.8) is 0 Å². The topological polar surface area (TPSA) is 40.1 Å². The van der Waals surface area contributed by atoms with Gasteiger partial charge in [0.05, 0.1) is 7.11 Å². The SMILES string of the molecule is CN=C(NCCCSC)N1CCN(c2cccc(OC)c2)CC1. The molecule has 0 bridgehead atoms. The molecule has 0 radical (unpaired) electrons. The van der Waals surface area contributed by atoms with E-state index >= 15 is 0 Å². The first-order valence-electron chi connectivity index (χ1n) is 8.12. The van der Waals surface area contributed by atoms with Gasteiger partial charge in [-0.15, -0.1) is 0 Å². The van der Waals surface area contributed by atoms with Crippen molar-refractivity contribution in [2.45, 2.75) is 6.42 Å². The molecule has 0 aromatic heterocycles. The van der Waals surface area contributed by atoms with Crippen LogP contribution in [0.2, 0.25) is 0 Å². The van der Waals surface area contributed by atoms with E-state index in [0.717, 1.165) is 44.4 Å². The smallest absolute Gasteiger partial charge is 0.193 e. The van der Waals surface area contributed by atoms with Crippen molar-refractivity contribution < 1.29 is 4.74 Å². The highest BCUT2D eigenvalue weighted by Gasteiger charge is 2.19. The monoisotopic (exact) mass is 336 g/mol. The zero-order valence-electron chi connectivity index (χ0n) is 14.4. The Kier molecular flexibility index (Phi) is 7.39. The molecule has 1 fully saturated rings. The van der Waals surface area contributed by atoms with Gasteiger partial charge in [0.1, 0.15) is 5.75 Å². The lowest BCUT2D eigenvalue weighted by atomic mass is 10.2. The van der Waals surface area contributed by atoms with Gasteiger partial charge in [0.15, 0.2) is 5.96 Å². The molecule has 1 N–H and O–H groups in total. The molecule has 1 aromatic rings. The molecule has 0 atom stereocenters. The molecule has 1 saturated heterocycles. The van der Waals surface area contributed by atoms with Gasteiger partial charge >= 0.3 is 0 Å². The van der Waals surface area contributed by atoms with Gasteiger partial charge in [-0.1, -0.05) is 6.07 Å². The summed E-state index contributed by atoms with van der Waals surface area (Å²) in [5.41, 5.74) is 1.23. The summed E-state index contributed by atoms with van der Waals surface area (Å²) in [7, 11) is 3.58. The van der Waals surface area contributed by atoms with E-state index in [1.165, 1.54) is 17.9 Å². The zero-order chi connectivity index (χ0) is 16.5. The second-order valence-electron chi connectivity index (χ2n) is 5.50. The van der Waals surface area contributed by atoms with E-state index in [4.69, 9.17) is 4.74 Å². The third-order valence-corrected chi connectivity index (χ3v) is 4.71. The highest BCUT2D eigenvalue weighted by Crippen LogP contribution is 2.22. The number of aliphatic imine (C=N–C) groups is 1. The molecule has 1 heterocycles. The van der Waals surface area contributed by atoms with Gasteiger partial charge in [0.2, 0.25) is 0 Å². The van der Waals surface area contributed by atoms with E-state index in [1.54, 1.807) is 7.11 Å². The Balaban J connectivity index is 1.84. The second-order valence-corrected chi connectivity index (χ2v) is 6.48. The zero-order valence-corrected chi connectivity index (χ0v) is 15.2. The minimum Gasteiger partial charge on any atom is -0.497 e. The van der Waals surface area contributed by atoms with E-state index in [-0.39, 0.29) is 0 Å². The van der Waals surface area contributed by atoms with Crippen molar-refractivity contribution in [1.82, 2.24) is 10.2 Å². The number of methoxy groups -OCH3 is 1. The maximum atomic E-state index is 5.32. The first-order valence-corrected chi connectivity index (χ1v) is 9.51. The highest BCUT2D eigenvalue weighted by atomic mass is 32.2. The van der Waals surface area contributed by atoms with Crippen LogP contribution in [-0.2, 0) is 0 Å². The van der Waals surface area contributed by atoms with Crippen LogP contribution in [0.3, 0.4) is 0 Å². The van der Waals surface area contributed by atoms with Gasteiger partial charge in [-0.2, -0.15) is 11.8 Å². The molecule has 2 rings (SSSR count). The average molecular weight is 337 g/mol. The Labute approximate surface area is 144 Å². The van der Waals surface area contributed by atoms with Gasteiger partial charge in [-0.05, 0) is 30.6 Å². The van der Waals surface area contributed by atoms with Crippen molar-refractivity contribution in [2.24, 2.45) is 4.99 Å². The number of piperazine rings is 1. The number of ether oxygens (including phenoxy) is 1. The number of rotatable bonds is 6. The molecule has 0 aliphatic carbocycles. The van der Waals surface area contributed by atoms with Crippen LogP contribution in [0.1, 0.15) is 6.42 Å². The summed E-state index contributed by atoms with van der Waals surface area (Å²) in [6, 6.07) is 8.28. The number of nitrogens with zero attached hydrogens (tertiary/aromatic N) is 3. The van der Waals surface area contributed by atoms with Crippen LogP contribution in [0.5, 0.6) is 5.75 Å². The molecule has 0 amide bonds. The van der Waals surface area contributed by atoms with E-state index < -0.39 is 0 Å². The largest absolute Gasteiger partial charge is 0.497 e. The first kappa shape index (κ1) is 17.8. The van der Waals surface area contributed by atoms with E-state index in [0.29, 0.717) is 0 Å². The molecule has 0 saturated carbocycles. The van der Waals surface area contributed by atoms with Crippen molar-refractivity contribution in [3.05, 3.63) is 24.3 Å². The van der Waals surface area contributed by atoms with Crippen molar-refractivity contribution >= 4 is 23.4 Å². The van der Waals surface area contributed by atoms with Crippen molar-refractivity contribution in [1.29, 1.82) is 0 Å². The lowest BCUT2D eigenvalue weighted by molar-refractivity contribution is 0.372. The number of hydrogen-bond acceptors (Lipinski definition) is 4. The quantitative estimate of drug-likeness (QED) is 0.490. The van der Waals surface area contributed by atoms with Gasteiger partial charge in [-0.25, -0.2) is 0 Å². The van der Waals surface area contributed by atoms with Crippen LogP contribution < -0.4 is 15.0 Å². The molecule has 6 heteroatoms. The Morgan fingerprint density at radius 3 is 2.74 bits per heavy atom. The fourth-order valence-corrected chi connectivity index (χ4v) is 3.17. The molecule has 1 aliphatic heterocycles. The fraction of sp³-hybridized carbons (Fsp3) is 0.588. The molecule has 0 unspecified atom stereocenters. The Morgan fingerprint density at radius 1 is 1.30 bits per heavy atom. The van der Waals surface area contributed by atoms with Crippen LogP contribution in [0.25, 0.3) is 0 Å². The lowest BCUT2D eigenvalue weighted by Gasteiger charge is -2.37. The third kappa shape index (κ3) is 5.23. The molecule has 5 nitrogen and oxygen atoms in total.